The van der Waals surface area contributed by atoms with Crippen molar-refractivity contribution in [2.75, 3.05) is 0 Å². The summed E-state index contributed by atoms with van der Waals surface area (Å²) in [6, 6.07) is 0. The smallest absolute Gasteiger partial charge is 0.0143 e. The Morgan fingerprint density at radius 3 is 2.75 bits per heavy atom. The lowest BCUT2D eigenvalue weighted by Crippen LogP contribution is -2.33. The number of hydrogen-bond donors (Lipinski definition) is 0. The molecule has 1 fully saturated rings. The third-order valence-corrected chi connectivity index (χ3v) is 5.89. The van der Waals surface area contributed by atoms with E-state index in [4.69, 9.17) is 0 Å². The third-order valence-electron chi connectivity index (χ3n) is 5.89. The van der Waals surface area contributed by atoms with Crippen molar-refractivity contribution in [2.45, 2.75) is 72.6 Å². The molecule has 0 saturated heterocycles. The van der Waals surface area contributed by atoms with Gasteiger partial charge in [-0.1, -0.05) is 42.4 Å². The lowest BCUT2D eigenvalue weighted by molar-refractivity contribution is 0.140. The average molecular weight is 272 g/mol. The van der Waals surface area contributed by atoms with E-state index in [9.17, 15) is 0 Å². The van der Waals surface area contributed by atoms with E-state index < -0.39 is 0 Å². The van der Waals surface area contributed by atoms with Gasteiger partial charge in [0.1, 0.15) is 0 Å². The zero-order valence-electron chi connectivity index (χ0n) is 14.0. The molecule has 0 nitrogen and oxygen atoms in total. The topological polar surface area (TPSA) is 0 Å². The first-order chi connectivity index (χ1) is 9.45. The van der Waals surface area contributed by atoms with Crippen LogP contribution in [0.4, 0.5) is 0 Å². The minimum atomic E-state index is 0.543. The van der Waals surface area contributed by atoms with E-state index in [2.05, 4.69) is 46.4 Å². The molecule has 112 valence electrons. The Bertz CT molecular complexity index is 419. The summed E-state index contributed by atoms with van der Waals surface area (Å²) in [6.07, 6.45) is 14.0. The van der Waals surface area contributed by atoms with Crippen LogP contribution in [0, 0.1) is 17.3 Å². The van der Waals surface area contributed by atoms with Gasteiger partial charge in [-0.3, -0.25) is 0 Å². The molecule has 1 spiro atoms. The summed E-state index contributed by atoms with van der Waals surface area (Å²) in [4.78, 5) is 0. The van der Waals surface area contributed by atoms with Crippen molar-refractivity contribution < 1.29 is 0 Å². The minimum absolute atomic E-state index is 0.543. The number of rotatable bonds is 4. The number of allylic oxidation sites excluding steroid dienone is 5. The van der Waals surface area contributed by atoms with Gasteiger partial charge in [0.25, 0.3) is 0 Å². The van der Waals surface area contributed by atoms with Gasteiger partial charge in [-0.25, -0.2) is 0 Å². The first kappa shape index (κ1) is 15.6. The SMILES string of the molecule is C=C(CCC=C(C)C)[C@H]1CC[C@H](C)[C@]12CC=C(C)CC2. The molecule has 0 aromatic heterocycles. The molecular weight excluding hydrogens is 240 g/mol. The maximum atomic E-state index is 4.49. The second kappa shape index (κ2) is 6.33. The number of hydrogen-bond acceptors (Lipinski definition) is 0. The molecule has 0 heterocycles. The van der Waals surface area contributed by atoms with Gasteiger partial charge in [-0.2, -0.15) is 0 Å². The Labute approximate surface area is 126 Å². The van der Waals surface area contributed by atoms with E-state index in [0.717, 1.165) is 11.8 Å². The zero-order chi connectivity index (χ0) is 14.8. The van der Waals surface area contributed by atoms with E-state index in [1.807, 2.05) is 0 Å². The van der Waals surface area contributed by atoms with E-state index in [-0.39, 0.29) is 0 Å². The fourth-order valence-corrected chi connectivity index (χ4v) is 4.43. The van der Waals surface area contributed by atoms with Crippen molar-refractivity contribution >= 4 is 0 Å². The quantitative estimate of drug-likeness (QED) is 0.516. The van der Waals surface area contributed by atoms with Gasteiger partial charge in [0.2, 0.25) is 0 Å². The highest BCUT2D eigenvalue weighted by atomic mass is 14.5. The van der Waals surface area contributed by atoms with Gasteiger partial charge in [-0.05, 0) is 83.0 Å². The summed E-state index contributed by atoms with van der Waals surface area (Å²) in [7, 11) is 0. The van der Waals surface area contributed by atoms with Gasteiger partial charge in [0.05, 0.1) is 0 Å². The Morgan fingerprint density at radius 1 is 1.40 bits per heavy atom. The second-order valence-corrected chi connectivity index (χ2v) is 7.50. The van der Waals surface area contributed by atoms with Crippen LogP contribution in [-0.2, 0) is 0 Å². The standard InChI is InChI=1S/C20H32/c1-15(2)7-6-8-17(4)19-10-9-18(5)20(19)13-11-16(3)12-14-20/h7,11,18-19H,4,6,8-10,12-14H2,1-3,5H3/t18-,19+,20+/m0/s1. The van der Waals surface area contributed by atoms with Crippen molar-refractivity contribution in [3.8, 4) is 0 Å². The predicted octanol–water partition coefficient (Wildman–Crippen LogP) is 6.45. The fraction of sp³-hybridized carbons (Fsp3) is 0.700. The fourth-order valence-electron chi connectivity index (χ4n) is 4.43. The van der Waals surface area contributed by atoms with Gasteiger partial charge in [-0.15, -0.1) is 0 Å². The Balaban J connectivity index is 2.06. The van der Waals surface area contributed by atoms with Crippen LogP contribution in [-0.4, -0.2) is 0 Å². The van der Waals surface area contributed by atoms with Gasteiger partial charge in [0, 0.05) is 0 Å². The Kier molecular flexibility index (Phi) is 4.94. The highest BCUT2D eigenvalue weighted by Gasteiger charge is 2.48. The average Bonchev–Trinajstić information content (AvgIpc) is 2.70. The molecule has 0 heteroatoms. The summed E-state index contributed by atoms with van der Waals surface area (Å²) in [5.74, 6) is 1.64. The van der Waals surface area contributed by atoms with E-state index in [1.165, 1.54) is 56.1 Å². The largest absolute Gasteiger partial charge is 0.0995 e. The van der Waals surface area contributed by atoms with Crippen LogP contribution < -0.4 is 0 Å². The third kappa shape index (κ3) is 3.10. The van der Waals surface area contributed by atoms with E-state index in [1.54, 1.807) is 5.57 Å². The second-order valence-electron chi connectivity index (χ2n) is 7.50. The summed E-state index contributed by atoms with van der Waals surface area (Å²) >= 11 is 0. The maximum Gasteiger partial charge on any atom is -0.0143 e. The molecule has 0 aromatic carbocycles. The van der Waals surface area contributed by atoms with Crippen molar-refractivity contribution in [1.29, 1.82) is 0 Å². The lowest BCUT2D eigenvalue weighted by atomic mass is 9.62. The first-order valence-electron chi connectivity index (χ1n) is 8.42. The minimum Gasteiger partial charge on any atom is -0.0995 e. The lowest BCUT2D eigenvalue weighted by Gasteiger charge is -2.42. The van der Waals surface area contributed by atoms with E-state index >= 15 is 0 Å². The van der Waals surface area contributed by atoms with Crippen molar-refractivity contribution in [3.63, 3.8) is 0 Å². The molecule has 0 aliphatic heterocycles. The summed E-state index contributed by atoms with van der Waals surface area (Å²) in [5, 5.41) is 0. The van der Waals surface area contributed by atoms with Crippen LogP contribution in [0.5, 0.6) is 0 Å². The zero-order valence-corrected chi connectivity index (χ0v) is 14.0. The van der Waals surface area contributed by atoms with Crippen LogP contribution >= 0.6 is 0 Å². The molecule has 2 rings (SSSR count). The molecule has 20 heavy (non-hydrogen) atoms. The van der Waals surface area contributed by atoms with Crippen molar-refractivity contribution in [1.82, 2.24) is 0 Å². The van der Waals surface area contributed by atoms with Crippen LogP contribution in [0.25, 0.3) is 0 Å². The van der Waals surface area contributed by atoms with Crippen molar-refractivity contribution in [3.05, 3.63) is 35.5 Å². The molecule has 0 bridgehead atoms. The Hall–Kier alpha value is -0.780. The molecule has 0 unspecified atom stereocenters. The van der Waals surface area contributed by atoms with Gasteiger partial charge < -0.3 is 0 Å². The molecular formula is C20H32. The van der Waals surface area contributed by atoms with Crippen LogP contribution in [0.15, 0.2) is 35.5 Å². The van der Waals surface area contributed by atoms with Crippen LogP contribution in [0.3, 0.4) is 0 Å². The molecule has 0 aromatic rings. The molecule has 3 atom stereocenters. The molecule has 0 amide bonds. The van der Waals surface area contributed by atoms with Crippen molar-refractivity contribution in [2.24, 2.45) is 17.3 Å². The molecule has 2 aliphatic carbocycles. The normalized spacial score (nSPS) is 33.1. The van der Waals surface area contributed by atoms with Gasteiger partial charge in [0.15, 0.2) is 0 Å². The van der Waals surface area contributed by atoms with E-state index in [0.29, 0.717) is 5.41 Å². The summed E-state index contributed by atoms with van der Waals surface area (Å²) < 4.78 is 0. The maximum absolute atomic E-state index is 4.49. The monoisotopic (exact) mass is 272 g/mol. The van der Waals surface area contributed by atoms with Gasteiger partial charge >= 0.3 is 0 Å². The molecule has 0 radical (unpaired) electrons. The predicted molar refractivity (Wildman–Crippen MR) is 89.7 cm³/mol. The first-order valence-corrected chi connectivity index (χ1v) is 8.42. The molecule has 1 saturated carbocycles. The van der Waals surface area contributed by atoms with Crippen LogP contribution in [0.1, 0.15) is 72.6 Å². The summed E-state index contributed by atoms with van der Waals surface area (Å²) in [6.45, 7) is 13.6. The Morgan fingerprint density at radius 2 is 2.15 bits per heavy atom. The highest BCUT2D eigenvalue weighted by molar-refractivity contribution is 5.19. The summed E-state index contributed by atoms with van der Waals surface area (Å²) in [5.41, 5.74) is 5.11. The van der Waals surface area contributed by atoms with Crippen LogP contribution in [0.2, 0.25) is 0 Å². The molecule has 2 aliphatic rings. The highest BCUT2D eigenvalue weighted by Crippen LogP contribution is 2.58. The molecule has 0 N–H and O–H groups in total.